The predicted octanol–water partition coefficient (Wildman–Crippen LogP) is 4.03. The van der Waals surface area contributed by atoms with Crippen LogP contribution in [0.15, 0.2) is 0 Å². The van der Waals surface area contributed by atoms with Gasteiger partial charge in [-0.1, -0.05) is 0 Å². The van der Waals surface area contributed by atoms with Gasteiger partial charge in [-0.05, 0) is 48.8 Å². The van der Waals surface area contributed by atoms with Crippen molar-refractivity contribution in [3.05, 3.63) is 10.3 Å². The van der Waals surface area contributed by atoms with Gasteiger partial charge in [-0.25, -0.2) is 4.98 Å². The Morgan fingerprint density at radius 3 is 2.25 bits per heavy atom. The summed E-state index contributed by atoms with van der Waals surface area (Å²) < 4.78 is 41.1. The molecule has 0 unspecified atom stereocenters. The van der Waals surface area contributed by atoms with Crippen LogP contribution in [0.4, 0.5) is 13.2 Å². The van der Waals surface area contributed by atoms with Crippen LogP contribution in [0.2, 0.25) is 5.28 Å². The number of aromatic nitrogens is 2. The lowest BCUT2D eigenvalue weighted by Crippen LogP contribution is -2.27. The Morgan fingerprint density at radius 2 is 1.81 bits per heavy atom. The van der Waals surface area contributed by atoms with E-state index in [2.05, 4.69) is 9.36 Å². The van der Waals surface area contributed by atoms with Gasteiger partial charge in [0.2, 0.25) is 5.28 Å². The summed E-state index contributed by atoms with van der Waals surface area (Å²) in [4.78, 5) is 4.01. The highest BCUT2D eigenvalue weighted by atomic mass is 35.5. The van der Waals surface area contributed by atoms with E-state index in [0.717, 1.165) is 5.01 Å². The van der Waals surface area contributed by atoms with Gasteiger partial charge in [-0.3, -0.25) is 0 Å². The molecule has 0 bridgehead atoms. The van der Waals surface area contributed by atoms with Gasteiger partial charge >= 0.3 is 6.18 Å². The highest BCUT2D eigenvalue weighted by molar-refractivity contribution is 7.05. The van der Waals surface area contributed by atoms with E-state index in [9.17, 15) is 13.2 Å². The lowest BCUT2D eigenvalue weighted by atomic mass is 9.82. The smallest absolute Gasteiger partial charge is 0.209 e. The maximum absolute atomic E-state index is 12.4. The number of hydrogen-bond donors (Lipinski definition) is 0. The van der Waals surface area contributed by atoms with Gasteiger partial charge in [-0.2, -0.15) is 17.5 Å². The van der Waals surface area contributed by atoms with Crippen molar-refractivity contribution in [2.75, 3.05) is 0 Å². The molecule has 0 N–H and O–H groups in total. The third kappa shape index (κ3) is 2.66. The van der Waals surface area contributed by atoms with E-state index in [1.807, 2.05) is 0 Å². The summed E-state index contributed by atoms with van der Waals surface area (Å²) in [5, 5.41) is 0.962. The zero-order valence-electron chi connectivity index (χ0n) is 8.30. The van der Waals surface area contributed by atoms with Crippen molar-refractivity contribution < 1.29 is 13.2 Å². The average molecular weight is 271 g/mol. The summed E-state index contributed by atoms with van der Waals surface area (Å²) in [5.41, 5.74) is 0. The Balaban J connectivity index is 1.95. The first-order valence-electron chi connectivity index (χ1n) is 5.02. The molecular weight excluding hydrogens is 261 g/mol. The Kier molecular flexibility index (Phi) is 3.39. The van der Waals surface area contributed by atoms with E-state index >= 15 is 0 Å². The van der Waals surface area contributed by atoms with E-state index in [4.69, 9.17) is 11.6 Å². The molecule has 0 aromatic carbocycles. The number of halogens is 4. The van der Waals surface area contributed by atoms with Crippen molar-refractivity contribution in [2.45, 2.75) is 37.8 Å². The molecule has 0 spiro atoms. The summed E-state index contributed by atoms with van der Waals surface area (Å²) in [6.45, 7) is 0. The molecule has 1 aliphatic rings. The number of hydrogen-bond acceptors (Lipinski definition) is 3. The Hall–Kier alpha value is -0.360. The van der Waals surface area contributed by atoms with Crippen LogP contribution in [0.25, 0.3) is 0 Å². The molecule has 16 heavy (non-hydrogen) atoms. The fourth-order valence-corrected chi connectivity index (χ4v) is 3.02. The summed E-state index contributed by atoms with van der Waals surface area (Å²) >= 11 is 6.78. The van der Waals surface area contributed by atoms with Crippen molar-refractivity contribution in [1.29, 1.82) is 0 Å². The second kappa shape index (κ2) is 4.49. The monoisotopic (exact) mass is 270 g/mol. The van der Waals surface area contributed by atoms with E-state index in [1.54, 1.807) is 0 Å². The van der Waals surface area contributed by atoms with Gasteiger partial charge in [0, 0.05) is 5.92 Å². The fourth-order valence-electron chi connectivity index (χ4n) is 2.05. The Bertz CT molecular complexity index is 358. The highest BCUT2D eigenvalue weighted by Crippen LogP contribution is 2.43. The van der Waals surface area contributed by atoms with Gasteiger partial charge in [0.15, 0.2) is 0 Å². The van der Waals surface area contributed by atoms with Gasteiger partial charge in [-0.15, -0.1) is 0 Å². The number of alkyl halides is 3. The Morgan fingerprint density at radius 1 is 1.19 bits per heavy atom. The van der Waals surface area contributed by atoms with Crippen LogP contribution in [0.5, 0.6) is 0 Å². The molecule has 2 nitrogen and oxygen atoms in total. The van der Waals surface area contributed by atoms with E-state index in [1.165, 1.54) is 11.5 Å². The first kappa shape index (κ1) is 12.1. The molecule has 1 aliphatic carbocycles. The van der Waals surface area contributed by atoms with Gasteiger partial charge < -0.3 is 0 Å². The predicted molar refractivity (Wildman–Crippen MR) is 55.7 cm³/mol. The second-order valence-electron chi connectivity index (χ2n) is 3.99. The first-order valence-corrected chi connectivity index (χ1v) is 6.18. The second-order valence-corrected chi connectivity index (χ2v) is 5.11. The number of nitrogens with zero attached hydrogens (tertiary/aromatic N) is 2. The van der Waals surface area contributed by atoms with Crippen molar-refractivity contribution >= 4 is 23.1 Å². The standard InChI is InChI=1S/C9H10ClF3N2S/c10-8-14-7(16-15-8)5-1-3-6(4-2-5)9(11,12)13/h5-6H,1-4H2. The SMILES string of the molecule is FC(F)(F)C1CCC(c2nc(Cl)ns2)CC1. The van der Waals surface area contributed by atoms with E-state index < -0.39 is 12.1 Å². The topological polar surface area (TPSA) is 25.8 Å². The van der Waals surface area contributed by atoms with Crippen LogP contribution in [-0.4, -0.2) is 15.5 Å². The molecule has 0 aliphatic heterocycles. The molecule has 1 heterocycles. The molecule has 1 aromatic heterocycles. The van der Waals surface area contributed by atoms with Crippen LogP contribution < -0.4 is 0 Å². The first-order chi connectivity index (χ1) is 7.47. The van der Waals surface area contributed by atoms with Crippen LogP contribution >= 0.6 is 23.1 Å². The van der Waals surface area contributed by atoms with Crippen molar-refractivity contribution in [3.8, 4) is 0 Å². The van der Waals surface area contributed by atoms with Gasteiger partial charge in [0.25, 0.3) is 0 Å². The van der Waals surface area contributed by atoms with Crippen LogP contribution in [0.3, 0.4) is 0 Å². The van der Waals surface area contributed by atoms with Gasteiger partial charge in [0.1, 0.15) is 5.01 Å². The zero-order valence-corrected chi connectivity index (χ0v) is 9.87. The zero-order chi connectivity index (χ0) is 11.8. The highest BCUT2D eigenvalue weighted by Gasteiger charge is 2.41. The maximum atomic E-state index is 12.4. The van der Waals surface area contributed by atoms with Gasteiger partial charge in [0.05, 0.1) is 5.92 Å². The molecule has 7 heteroatoms. The Labute approximate surface area is 100 Å². The molecule has 0 atom stereocenters. The van der Waals surface area contributed by atoms with Crippen molar-refractivity contribution in [2.24, 2.45) is 5.92 Å². The minimum absolute atomic E-state index is 0.101. The third-order valence-electron chi connectivity index (χ3n) is 2.96. The van der Waals surface area contributed by atoms with Crippen molar-refractivity contribution in [1.82, 2.24) is 9.36 Å². The fraction of sp³-hybridized carbons (Fsp3) is 0.778. The average Bonchev–Trinajstić information content (AvgIpc) is 2.64. The lowest BCUT2D eigenvalue weighted by molar-refractivity contribution is -0.182. The van der Waals surface area contributed by atoms with E-state index in [-0.39, 0.29) is 24.0 Å². The maximum Gasteiger partial charge on any atom is 0.391 e. The van der Waals surface area contributed by atoms with Crippen LogP contribution in [0, 0.1) is 5.92 Å². The van der Waals surface area contributed by atoms with Crippen molar-refractivity contribution in [3.63, 3.8) is 0 Å². The molecule has 0 amide bonds. The largest absolute Gasteiger partial charge is 0.391 e. The molecule has 2 rings (SSSR count). The molecular formula is C9H10ClF3N2S. The summed E-state index contributed by atoms with van der Waals surface area (Å²) in [7, 11) is 0. The molecule has 0 radical (unpaired) electrons. The summed E-state index contributed by atoms with van der Waals surface area (Å²) in [6, 6.07) is 0. The lowest BCUT2D eigenvalue weighted by Gasteiger charge is -2.28. The normalized spacial score (nSPS) is 27.0. The molecule has 1 saturated carbocycles. The molecule has 1 fully saturated rings. The molecule has 90 valence electrons. The summed E-state index contributed by atoms with van der Waals surface area (Å²) in [5.74, 6) is -1.05. The molecule has 1 aromatic rings. The third-order valence-corrected chi connectivity index (χ3v) is 4.10. The van der Waals surface area contributed by atoms with Crippen LogP contribution in [0.1, 0.15) is 36.6 Å². The minimum Gasteiger partial charge on any atom is -0.209 e. The summed E-state index contributed by atoms with van der Waals surface area (Å²) in [6.07, 6.45) is -2.63. The van der Waals surface area contributed by atoms with E-state index in [0.29, 0.717) is 12.8 Å². The van der Waals surface area contributed by atoms with Crippen LogP contribution in [-0.2, 0) is 0 Å². The minimum atomic E-state index is -4.05. The quantitative estimate of drug-likeness (QED) is 0.770. The number of rotatable bonds is 1. The molecule has 0 saturated heterocycles.